The van der Waals surface area contributed by atoms with Gasteiger partial charge in [-0.1, -0.05) is 42.5 Å². The van der Waals surface area contributed by atoms with Gasteiger partial charge in [0, 0.05) is 22.8 Å². The number of para-hydroxylation sites is 1. The molecule has 1 saturated heterocycles. The molecular formula is C24H26N2O2S. The molecule has 1 unspecified atom stereocenters. The summed E-state index contributed by atoms with van der Waals surface area (Å²) in [7, 11) is 0. The summed E-state index contributed by atoms with van der Waals surface area (Å²) >= 11 is 1.64. The minimum absolute atomic E-state index is 0.0199. The fraction of sp³-hybridized carbons (Fsp3) is 0.417. The Morgan fingerprint density at radius 1 is 1.10 bits per heavy atom. The zero-order chi connectivity index (χ0) is 20.4. The lowest BCUT2D eigenvalue weighted by Crippen LogP contribution is -2.50. The van der Waals surface area contributed by atoms with E-state index < -0.39 is 4.87 Å². The lowest BCUT2D eigenvalue weighted by molar-refractivity contribution is -0.141. The number of rotatable bonds is 3. The molecule has 5 rings (SSSR count). The maximum Gasteiger partial charge on any atom is 0.268 e. The van der Waals surface area contributed by atoms with Crippen molar-refractivity contribution in [1.82, 2.24) is 4.90 Å². The molecule has 29 heavy (non-hydrogen) atoms. The molecule has 1 saturated carbocycles. The Bertz CT molecular complexity index is 1010. The first-order chi connectivity index (χ1) is 13.8. The molecule has 1 spiro atoms. The number of carbonyl (C=O) groups is 2. The van der Waals surface area contributed by atoms with E-state index in [2.05, 4.69) is 32.9 Å². The number of amides is 2. The van der Waals surface area contributed by atoms with Crippen LogP contribution < -0.4 is 4.90 Å². The monoisotopic (exact) mass is 406 g/mol. The number of thioether (sulfide) groups is 1. The molecule has 3 aliphatic rings. The van der Waals surface area contributed by atoms with Gasteiger partial charge in [-0.2, -0.15) is 0 Å². The van der Waals surface area contributed by atoms with Gasteiger partial charge in [0.25, 0.3) is 5.91 Å². The Balaban J connectivity index is 1.63. The topological polar surface area (TPSA) is 40.6 Å². The van der Waals surface area contributed by atoms with Crippen LogP contribution in [-0.4, -0.2) is 28.0 Å². The van der Waals surface area contributed by atoms with Gasteiger partial charge in [-0.15, -0.1) is 11.8 Å². The number of hydrogen-bond donors (Lipinski definition) is 0. The van der Waals surface area contributed by atoms with E-state index in [4.69, 9.17) is 0 Å². The first-order valence-electron chi connectivity index (χ1n) is 10.3. The molecule has 2 aromatic carbocycles. The second kappa shape index (κ2) is 6.36. The van der Waals surface area contributed by atoms with Crippen molar-refractivity contribution in [3.8, 4) is 0 Å². The first kappa shape index (κ1) is 18.7. The largest absolute Gasteiger partial charge is 0.314 e. The Morgan fingerprint density at radius 3 is 2.52 bits per heavy atom. The Kier molecular flexibility index (Phi) is 4.11. The molecule has 2 heterocycles. The SMILES string of the molecule is Cc1ccccc1CN1C(=O)C2(SC(C)(C)CN2C(=O)C2CC2)c2ccccc21. The van der Waals surface area contributed by atoms with Gasteiger partial charge in [0.2, 0.25) is 5.91 Å². The quantitative estimate of drug-likeness (QED) is 0.756. The number of fused-ring (bicyclic) bond motifs is 2. The van der Waals surface area contributed by atoms with Crippen molar-refractivity contribution in [2.24, 2.45) is 5.92 Å². The highest BCUT2D eigenvalue weighted by Gasteiger charge is 2.64. The van der Waals surface area contributed by atoms with Crippen LogP contribution in [0.1, 0.15) is 43.4 Å². The highest BCUT2D eigenvalue weighted by molar-refractivity contribution is 8.02. The molecule has 2 amide bonds. The molecule has 150 valence electrons. The lowest BCUT2D eigenvalue weighted by atomic mass is 10.0. The van der Waals surface area contributed by atoms with Crippen LogP contribution in [0.2, 0.25) is 0 Å². The van der Waals surface area contributed by atoms with E-state index >= 15 is 0 Å². The Morgan fingerprint density at radius 2 is 1.79 bits per heavy atom. The fourth-order valence-corrected chi connectivity index (χ4v) is 6.38. The smallest absolute Gasteiger partial charge is 0.268 e. The third kappa shape index (κ3) is 2.82. The van der Waals surface area contributed by atoms with Gasteiger partial charge < -0.3 is 9.80 Å². The summed E-state index contributed by atoms with van der Waals surface area (Å²) < 4.78 is -0.175. The van der Waals surface area contributed by atoms with Gasteiger partial charge in [-0.05, 0) is 50.8 Å². The normalized spacial score (nSPS) is 25.0. The molecule has 0 N–H and O–H groups in total. The average molecular weight is 407 g/mol. The van der Waals surface area contributed by atoms with Crippen molar-refractivity contribution in [3.05, 3.63) is 65.2 Å². The molecule has 0 bridgehead atoms. The molecule has 4 nitrogen and oxygen atoms in total. The second-order valence-corrected chi connectivity index (χ2v) is 10.9. The number of carbonyl (C=O) groups excluding carboxylic acids is 2. The van der Waals surface area contributed by atoms with Crippen molar-refractivity contribution < 1.29 is 9.59 Å². The first-order valence-corrected chi connectivity index (χ1v) is 11.1. The van der Waals surface area contributed by atoms with Crippen LogP contribution in [0.4, 0.5) is 5.69 Å². The van der Waals surface area contributed by atoms with Gasteiger partial charge >= 0.3 is 0 Å². The summed E-state index contributed by atoms with van der Waals surface area (Å²) in [6.07, 6.45) is 1.89. The molecule has 2 fully saturated rings. The van der Waals surface area contributed by atoms with Crippen LogP contribution in [0, 0.1) is 12.8 Å². The van der Waals surface area contributed by atoms with Crippen molar-refractivity contribution in [2.75, 3.05) is 11.4 Å². The Hall–Kier alpha value is -2.27. The summed E-state index contributed by atoms with van der Waals surface area (Å²) in [6, 6.07) is 16.2. The summed E-state index contributed by atoms with van der Waals surface area (Å²) in [5, 5.41) is 0. The zero-order valence-electron chi connectivity index (χ0n) is 17.1. The van der Waals surface area contributed by atoms with Gasteiger partial charge in [-0.3, -0.25) is 9.59 Å². The highest BCUT2D eigenvalue weighted by atomic mass is 32.2. The number of benzene rings is 2. The molecule has 1 aliphatic carbocycles. The summed E-state index contributed by atoms with van der Waals surface area (Å²) in [5.41, 5.74) is 4.20. The average Bonchev–Trinajstić information content (AvgIpc) is 3.46. The molecule has 5 heteroatoms. The third-order valence-corrected chi connectivity index (χ3v) is 7.81. The van der Waals surface area contributed by atoms with Crippen LogP contribution >= 0.6 is 11.8 Å². The fourth-order valence-electron chi connectivity index (χ4n) is 4.64. The molecule has 1 atom stereocenters. The summed E-state index contributed by atoms with van der Waals surface area (Å²) in [4.78, 5) is 30.2. The molecule has 2 aromatic rings. The summed E-state index contributed by atoms with van der Waals surface area (Å²) in [5.74, 6) is 0.252. The van der Waals surface area contributed by atoms with Crippen molar-refractivity contribution >= 4 is 29.3 Å². The van der Waals surface area contributed by atoms with Crippen molar-refractivity contribution in [3.63, 3.8) is 0 Å². The minimum Gasteiger partial charge on any atom is -0.314 e. The Labute approximate surface area is 176 Å². The molecule has 2 aliphatic heterocycles. The van der Waals surface area contributed by atoms with E-state index in [0.29, 0.717) is 13.1 Å². The summed E-state index contributed by atoms with van der Waals surface area (Å²) in [6.45, 7) is 7.48. The van der Waals surface area contributed by atoms with Gasteiger partial charge in [0.1, 0.15) is 0 Å². The maximum absolute atomic E-state index is 14.1. The van der Waals surface area contributed by atoms with E-state index in [1.54, 1.807) is 11.8 Å². The van der Waals surface area contributed by atoms with Crippen LogP contribution in [0.15, 0.2) is 48.5 Å². The van der Waals surface area contributed by atoms with E-state index in [0.717, 1.165) is 29.7 Å². The minimum atomic E-state index is -0.942. The van der Waals surface area contributed by atoms with Crippen molar-refractivity contribution in [1.29, 1.82) is 0 Å². The number of nitrogens with zero attached hydrogens (tertiary/aromatic N) is 2. The predicted molar refractivity (Wildman–Crippen MR) is 117 cm³/mol. The van der Waals surface area contributed by atoms with Gasteiger partial charge in [-0.25, -0.2) is 0 Å². The van der Waals surface area contributed by atoms with Crippen LogP contribution in [0.25, 0.3) is 0 Å². The van der Waals surface area contributed by atoms with Crippen LogP contribution in [-0.2, 0) is 21.0 Å². The number of anilines is 1. The van der Waals surface area contributed by atoms with E-state index in [9.17, 15) is 9.59 Å². The third-order valence-electron chi connectivity index (χ3n) is 6.22. The molecular weight excluding hydrogens is 380 g/mol. The molecule has 0 radical (unpaired) electrons. The van der Waals surface area contributed by atoms with Crippen LogP contribution in [0.5, 0.6) is 0 Å². The standard InChI is InChI=1S/C24H26N2O2S/c1-16-8-4-5-9-18(16)14-25-20-11-7-6-10-19(20)24(22(25)28)26(15-23(2,3)29-24)21(27)17-12-13-17/h4-11,17H,12-15H2,1-3H3. The van der Waals surface area contributed by atoms with Gasteiger partial charge in [0.15, 0.2) is 4.87 Å². The van der Waals surface area contributed by atoms with E-state index in [1.165, 1.54) is 5.56 Å². The number of hydrogen-bond acceptors (Lipinski definition) is 3. The number of aryl methyl sites for hydroxylation is 1. The second-order valence-electron chi connectivity index (χ2n) is 9.04. The predicted octanol–water partition coefficient (Wildman–Crippen LogP) is 4.46. The lowest BCUT2D eigenvalue weighted by Gasteiger charge is -2.33. The van der Waals surface area contributed by atoms with Crippen molar-refractivity contribution in [2.45, 2.75) is 49.8 Å². The van der Waals surface area contributed by atoms with E-state index in [-0.39, 0.29) is 22.5 Å². The van der Waals surface area contributed by atoms with Gasteiger partial charge in [0.05, 0.1) is 12.2 Å². The van der Waals surface area contributed by atoms with Crippen LogP contribution in [0.3, 0.4) is 0 Å². The van der Waals surface area contributed by atoms with E-state index in [1.807, 2.05) is 46.2 Å². The molecule has 0 aromatic heterocycles. The highest BCUT2D eigenvalue weighted by Crippen LogP contribution is 2.60. The maximum atomic E-state index is 14.1. The zero-order valence-corrected chi connectivity index (χ0v) is 18.0.